The molecule has 0 spiro atoms. The summed E-state index contributed by atoms with van der Waals surface area (Å²) in [5.74, 6) is -3.59. The molecule has 0 fully saturated rings. The summed E-state index contributed by atoms with van der Waals surface area (Å²) in [7, 11) is 0. The van der Waals surface area contributed by atoms with Gasteiger partial charge in [0, 0.05) is 23.9 Å². The summed E-state index contributed by atoms with van der Waals surface area (Å²) in [4.78, 5) is 73.0. The van der Waals surface area contributed by atoms with Crippen molar-refractivity contribution >= 4 is 35.9 Å². The number of carbonyl (C=O) groups excluding carboxylic acids is 2. The van der Waals surface area contributed by atoms with E-state index >= 15 is 0 Å². The van der Waals surface area contributed by atoms with Crippen molar-refractivity contribution in [3.05, 3.63) is 52.1 Å². The molecule has 176 valence electrons. The van der Waals surface area contributed by atoms with Gasteiger partial charge in [0.2, 0.25) is 12.4 Å². The van der Waals surface area contributed by atoms with Crippen molar-refractivity contribution in [3.8, 4) is 11.5 Å². The molecule has 6 N–H and O–H groups in total. The molecule has 34 heavy (non-hydrogen) atoms. The number of benzene rings is 1. The molecule has 1 atom stereocenters. The molecular formula is C20H19N7O7. The van der Waals surface area contributed by atoms with E-state index < -0.39 is 42.3 Å². The highest BCUT2D eigenvalue weighted by Crippen LogP contribution is 2.16. The van der Waals surface area contributed by atoms with Gasteiger partial charge in [-0.15, -0.1) is 0 Å². The Bertz CT molecular complexity index is 1260. The molecule has 14 nitrogen and oxygen atoms in total. The molecule has 0 saturated carbocycles. The molecule has 0 radical (unpaired) electrons. The van der Waals surface area contributed by atoms with Crippen LogP contribution in [0.1, 0.15) is 28.9 Å². The van der Waals surface area contributed by atoms with E-state index in [0.717, 1.165) is 0 Å². The van der Waals surface area contributed by atoms with Crippen LogP contribution in [-0.2, 0) is 20.9 Å². The molecule has 0 saturated heterocycles. The van der Waals surface area contributed by atoms with E-state index in [9.17, 15) is 29.1 Å². The standard InChI is InChI=1S/C20H19N7O7/c21-20-25-16-15(17(31)26-20)24-12(8-23-16)7-22-11-3-1-10(2-4-11)18(32)27(9-28)13(19(33)34)5-6-14(29)30/h1-4,8-9,13,22H,5-7H2,(H,29,30)(H,33,34)(H3,21,23,25,26,31). The Morgan fingerprint density at radius 2 is 1.85 bits per heavy atom. The van der Waals surface area contributed by atoms with Gasteiger partial charge in [-0.05, 0) is 30.7 Å². The lowest BCUT2D eigenvalue weighted by Crippen LogP contribution is -2.44. The number of hydrogen-bond acceptors (Lipinski definition) is 10. The number of hydrogen-bond donors (Lipinski definition) is 5. The zero-order chi connectivity index (χ0) is 24.8. The van der Waals surface area contributed by atoms with Crippen molar-refractivity contribution in [2.75, 3.05) is 11.1 Å². The quantitative estimate of drug-likeness (QED) is 0.243. The van der Waals surface area contributed by atoms with Gasteiger partial charge in [-0.25, -0.2) is 9.78 Å². The Kier molecular flexibility index (Phi) is 7.10. The predicted octanol–water partition coefficient (Wildman–Crippen LogP) is -0.224. The zero-order valence-corrected chi connectivity index (χ0v) is 17.5. The van der Waals surface area contributed by atoms with Crippen molar-refractivity contribution in [1.29, 1.82) is 0 Å². The van der Waals surface area contributed by atoms with E-state index in [1.807, 2.05) is 0 Å². The van der Waals surface area contributed by atoms with Crippen LogP contribution in [0, 0.1) is 0 Å². The number of carbonyl (C=O) groups is 4. The van der Waals surface area contributed by atoms with Crippen molar-refractivity contribution < 1.29 is 29.4 Å². The van der Waals surface area contributed by atoms with Crippen molar-refractivity contribution in [2.45, 2.75) is 25.4 Å². The number of aromatic amines is 1. The molecule has 0 aromatic heterocycles. The largest absolute Gasteiger partial charge is 0.481 e. The van der Waals surface area contributed by atoms with Crippen LogP contribution in [0.25, 0.3) is 11.5 Å². The lowest BCUT2D eigenvalue weighted by molar-refractivity contribution is -0.146. The molecule has 3 rings (SSSR count). The third-order valence-electron chi connectivity index (χ3n) is 4.71. The summed E-state index contributed by atoms with van der Waals surface area (Å²) in [5.41, 5.74) is 5.90. The van der Waals surface area contributed by atoms with Crippen LogP contribution in [0.2, 0.25) is 0 Å². The predicted molar refractivity (Wildman–Crippen MR) is 116 cm³/mol. The molecule has 2 aliphatic rings. The smallest absolute Gasteiger partial charge is 0.326 e. The van der Waals surface area contributed by atoms with E-state index in [2.05, 4.69) is 25.3 Å². The highest BCUT2D eigenvalue weighted by atomic mass is 16.4. The molecular weight excluding hydrogens is 450 g/mol. The first kappa shape index (κ1) is 23.8. The monoisotopic (exact) mass is 469 g/mol. The van der Waals surface area contributed by atoms with Crippen molar-refractivity contribution in [3.63, 3.8) is 0 Å². The number of anilines is 2. The number of nitrogens with two attached hydrogens (primary N) is 1. The fraction of sp³-hybridized carbons (Fsp3) is 0.200. The molecule has 14 heteroatoms. The zero-order valence-electron chi connectivity index (χ0n) is 17.5. The Balaban J connectivity index is 1.70. The maximum atomic E-state index is 12.6. The number of carboxylic acid groups (broad SMARTS) is 2. The molecule has 2 amide bonds. The summed E-state index contributed by atoms with van der Waals surface area (Å²) in [6.07, 6.45) is 0.654. The second-order valence-corrected chi connectivity index (χ2v) is 7.01. The van der Waals surface area contributed by atoms with Crippen LogP contribution < -0.4 is 16.6 Å². The number of imide groups is 1. The third-order valence-corrected chi connectivity index (χ3v) is 4.71. The van der Waals surface area contributed by atoms with Crippen LogP contribution >= 0.6 is 0 Å². The fourth-order valence-corrected chi connectivity index (χ4v) is 3.05. The Hall–Kier alpha value is -4.88. The molecule has 2 aliphatic heterocycles. The number of carboxylic acids is 2. The Morgan fingerprint density at radius 1 is 1.15 bits per heavy atom. The Morgan fingerprint density at radius 3 is 2.47 bits per heavy atom. The van der Waals surface area contributed by atoms with Gasteiger partial charge in [-0.3, -0.25) is 24.1 Å². The third kappa shape index (κ3) is 5.48. The number of rotatable bonds is 10. The first-order valence-electron chi connectivity index (χ1n) is 9.78. The molecule has 1 aromatic rings. The Labute approximate surface area is 190 Å². The minimum absolute atomic E-state index is 0.0271. The van der Waals surface area contributed by atoms with Gasteiger partial charge in [0.25, 0.3) is 5.91 Å². The van der Waals surface area contributed by atoms with E-state index in [1.165, 1.54) is 30.5 Å². The lowest BCUT2D eigenvalue weighted by atomic mass is 10.1. The topological polar surface area (TPSA) is 222 Å². The number of aliphatic carboxylic acids is 2. The second-order valence-electron chi connectivity index (χ2n) is 7.01. The second kappa shape index (κ2) is 10.2. The van der Waals surface area contributed by atoms with Gasteiger partial charge < -0.3 is 26.2 Å². The minimum atomic E-state index is -1.61. The van der Waals surface area contributed by atoms with Crippen LogP contribution in [0.3, 0.4) is 0 Å². The van der Waals surface area contributed by atoms with Gasteiger partial charge in [0.15, 0.2) is 11.5 Å². The summed E-state index contributed by atoms with van der Waals surface area (Å²) in [6, 6.07) is 4.19. The average Bonchev–Trinajstić information content (AvgIpc) is 2.80. The van der Waals surface area contributed by atoms with Gasteiger partial charge in [0.1, 0.15) is 6.04 Å². The van der Waals surface area contributed by atoms with Gasteiger partial charge >= 0.3 is 17.5 Å². The maximum absolute atomic E-state index is 12.6. The van der Waals surface area contributed by atoms with Crippen molar-refractivity contribution in [2.24, 2.45) is 0 Å². The van der Waals surface area contributed by atoms with E-state index in [4.69, 9.17) is 10.8 Å². The highest BCUT2D eigenvalue weighted by Gasteiger charge is 2.30. The number of fused-ring (bicyclic) bond motifs is 1. The average molecular weight is 469 g/mol. The number of nitrogens with zero attached hydrogens (tertiary/aromatic N) is 4. The first-order chi connectivity index (χ1) is 16.2. The first-order valence-corrected chi connectivity index (χ1v) is 9.78. The SMILES string of the molecule is Nc1nc2[nH]cc(CNc3ccc(C(=O)N(C=O)C(CCC(=O)O)C(=O)O)cc3)nc-2c(=O)n1. The number of H-pyrrole nitrogens is 1. The molecule has 0 aliphatic carbocycles. The molecule has 1 unspecified atom stereocenters. The van der Waals surface area contributed by atoms with E-state index in [0.29, 0.717) is 16.3 Å². The van der Waals surface area contributed by atoms with Crippen LogP contribution in [-0.4, -0.2) is 65.3 Å². The van der Waals surface area contributed by atoms with Crippen LogP contribution in [0.4, 0.5) is 11.6 Å². The summed E-state index contributed by atoms with van der Waals surface area (Å²) in [6.45, 7) is 0.195. The van der Waals surface area contributed by atoms with Gasteiger partial charge in [-0.2, -0.15) is 9.97 Å². The number of nitrogen functional groups attached to an aromatic ring is 1. The lowest BCUT2D eigenvalue weighted by Gasteiger charge is -2.23. The molecule has 2 heterocycles. The molecule has 0 bridgehead atoms. The van der Waals surface area contributed by atoms with Gasteiger partial charge in [0.05, 0.1) is 12.2 Å². The maximum Gasteiger partial charge on any atom is 0.326 e. The molecule has 1 aromatic carbocycles. The van der Waals surface area contributed by atoms with Crippen molar-refractivity contribution in [1.82, 2.24) is 24.8 Å². The van der Waals surface area contributed by atoms with Crippen LogP contribution in [0.15, 0.2) is 35.3 Å². The normalized spacial score (nSPS) is 11.5. The van der Waals surface area contributed by atoms with E-state index in [1.54, 1.807) is 0 Å². The minimum Gasteiger partial charge on any atom is -0.481 e. The number of amides is 2. The summed E-state index contributed by atoms with van der Waals surface area (Å²) < 4.78 is 0. The van der Waals surface area contributed by atoms with Gasteiger partial charge in [-0.1, -0.05) is 0 Å². The highest BCUT2D eigenvalue weighted by molar-refractivity contribution is 6.02. The van der Waals surface area contributed by atoms with E-state index in [-0.39, 0.29) is 36.0 Å². The summed E-state index contributed by atoms with van der Waals surface area (Å²) >= 11 is 0. The fourth-order valence-electron chi connectivity index (χ4n) is 3.05. The number of nitrogens with one attached hydrogen (secondary N) is 2. The summed E-state index contributed by atoms with van der Waals surface area (Å²) in [5, 5.41) is 21.1. The number of aromatic nitrogens is 4. The van der Waals surface area contributed by atoms with Crippen LogP contribution in [0.5, 0.6) is 0 Å².